The molecule has 4 heteroatoms. The molecule has 18 heavy (non-hydrogen) atoms. The van der Waals surface area contributed by atoms with E-state index in [9.17, 15) is 5.11 Å². The molecule has 0 saturated heterocycles. The third-order valence-electron chi connectivity index (χ3n) is 3.08. The van der Waals surface area contributed by atoms with Gasteiger partial charge in [0.05, 0.1) is 0 Å². The highest BCUT2D eigenvalue weighted by atomic mass is 16.3. The first-order chi connectivity index (χ1) is 8.49. The summed E-state index contributed by atoms with van der Waals surface area (Å²) >= 11 is 0. The van der Waals surface area contributed by atoms with E-state index in [4.69, 9.17) is 4.42 Å². The van der Waals surface area contributed by atoms with Gasteiger partial charge in [0.1, 0.15) is 17.1 Å². The van der Waals surface area contributed by atoms with Gasteiger partial charge in [-0.1, -0.05) is 0 Å². The molecule has 0 spiro atoms. The summed E-state index contributed by atoms with van der Waals surface area (Å²) in [7, 11) is 0. The lowest BCUT2D eigenvalue weighted by Crippen LogP contribution is -2.35. The smallest absolute Gasteiger partial charge is 0.107 e. The van der Waals surface area contributed by atoms with Crippen LogP contribution in [0.2, 0.25) is 0 Å². The fraction of sp³-hybridized carbons (Fsp3) is 0.429. The molecule has 0 aliphatic rings. The fourth-order valence-corrected chi connectivity index (χ4v) is 2.18. The Morgan fingerprint density at radius 1 is 1.44 bits per heavy atom. The van der Waals surface area contributed by atoms with Crippen molar-refractivity contribution in [2.45, 2.75) is 32.9 Å². The van der Waals surface area contributed by atoms with Crippen LogP contribution in [0, 0.1) is 13.8 Å². The lowest BCUT2D eigenvalue weighted by molar-refractivity contribution is 0.0552. The Bertz CT molecular complexity index is 498. The molecule has 3 N–H and O–H groups in total. The zero-order valence-corrected chi connectivity index (χ0v) is 11.1. The summed E-state index contributed by atoms with van der Waals surface area (Å²) < 4.78 is 5.46. The molecule has 0 aliphatic carbocycles. The number of H-pyrrole nitrogens is 1. The van der Waals surface area contributed by atoms with E-state index in [-0.39, 0.29) is 0 Å². The predicted octanol–water partition coefficient (Wildman–Crippen LogP) is 2.22. The van der Waals surface area contributed by atoms with Crippen molar-refractivity contribution in [1.29, 1.82) is 0 Å². The molecule has 98 valence electrons. The molecule has 0 saturated carbocycles. The van der Waals surface area contributed by atoms with Gasteiger partial charge in [0.2, 0.25) is 0 Å². The van der Waals surface area contributed by atoms with Crippen LogP contribution in [0.25, 0.3) is 0 Å². The van der Waals surface area contributed by atoms with Gasteiger partial charge in [-0.05, 0) is 38.5 Å². The second-order valence-electron chi connectivity index (χ2n) is 4.92. The number of rotatable bonds is 5. The first-order valence-corrected chi connectivity index (χ1v) is 6.11. The Balaban J connectivity index is 1.97. The molecule has 0 aliphatic heterocycles. The van der Waals surface area contributed by atoms with E-state index in [1.54, 1.807) is 6.92 Å². The minimum atomic E-state index is -0.919. The van der Waals surface area contributed by atoms with Crippen LogP contribution in [0.15, 0.2) is 28.9 Å². The van der Waals surface area contributed by atoms with Crippen molar-refractivity contribution < 1.29 is 9.52 Å². The highest BCUT2D eigenvalue weighted by Crippen LogP contribution is 2.26. The van der Waals surface area contributed by atoms with Crippen molar-refractivity contribution >= 4 is 0 Å². The van der Waals surface area contributed by atoms with Gasteiger partial charge in [0.25, 0.3) is 0 Å². The Morgan fingerprint density at radius 3 is 2.78 bits per heavy atom. The van der Waals surface area contributed by atoms with Crippen molar-refractivity contribution in [3.8, 4) is 0 Å². The summed E-state index contributed by atoms with van der Waals surface area (Å²) in [4.78, 5) is 3.00. The van der Waals surface area contributed by atoms with E-state index < -0.39 is 5.60 Å². The maximum Gasteiger partial charge on any atom is 0.107 e. The van der Waals surface area contributed by atoms with Crippen LogP contribution in [-0.4, -0.2) is 16.6 Å². The largest absolute Gasteiger partial charge is 0.466 e. The fourth-order valence-electron chi connectivity index (χ4n) is 2.18. The summed E-state index contributed by atoms with van der Waals surface area (Å²) in [6, 6.07) is 3.91. The topological polar surface area (TPSA) is 61.2 Å². The molecule has 0 radical (unpaired) electrons. The van der Waals surface area contributed by atoms with E-state index in [1.807, 2.05) is 38.4 Å². The summed E-state index contributed by atoms with van der Waals surface area (Å²) in [5.74, 6) is 1.61. The lowest BCUT2D eigenvalue weighted by Gasteiger charge is -2.23. The SMILES string of the molecule is Cc1cc(C(C)(O)CNCc2cc[nH]c2)c(C)o1. The number of nitrogens with one attached hydrogen (secondary N) is 2. The molecule has 0 fully saturated rings. The molecule has 2 aromatic rings. The number of aromatic nitrogens is 1. The lowest BCUT2D eigenvalue weighted by atomic mass is 9.96. The number of hydrogen-bond donors (Lipinski definition) is 3. The van der Waals surface area contributed by atoms with Gasteiger partial charge in [-0.25, -0.2) is 0 Å². The van der Waals surface area contributed by atoms with Gasteiger partial charge in [0, 0.05) is 31.0 Å². The molecule has 1 atom stereocenters. The van der Waals surface area contributed by atoms with E-state index >= 15 is 0 Å². The highest BCUT2D eigenvalue weighted by Gasteiger charge is 2.27. The molecule has 2 heterocycles. The predicted molar refractivity (Wildman–Crippen MR) is 70.3 cm³/mol. The van der Waals surface area contributed by atoms with Gasteiger partial charge in [-0.3, -0.25) is 0 Å². The van der Waals surface area contributed by atoms with Crippen molar-refractivity contribution in [2.75, 3.05) is 6.54 Å². The van der Waals surface area contributed by atoms with Gasteiger partial charge in [-0.2, -0.15) is 0 Å². The minimum Gasteiger partial charge on any atom is -0.466 e. The average Bonchev–Trinajstić information content (AvgIpc) is 2.88. The van der Waals surface area contributed by atoms with Crippen LogP contribution < -0.4 is 5.32 Å². The van der Waals surface area contributed by atoms with Crippen LogP contribution in [0.5, 0.6) is 0 Å². The average molecular weight is 248 g/mol. The van der Waals surface area contributed by atoms with Gasteiger partial charge < -0.3 is 19.8 Å². The van der Waals surface area contributed by atoms with E-state index in [1.165, 1.54) is 5.56 Å². The number of furan rings is 1. The summed E-state index contributed by atoms with van der Waals surface area (Å²) in [5, 5.41) is 13.7. The van der Waals surface area contributed by atoms with Crippen LogP contribution in [0.3, 0.4) is 0 Å². The molecule has 0 amide bonds. The van der Waals surface area contributed by atoms with Crippen molar-refractivity contribution in [3.05, 3.63) is 47.2 Å². The zero-order chi connectivity index (χ0) is 13.2. The second-order valence-corrected chi connectivity index (χ2v) is 4.92. The van der Waals surface area contributed by atoms with Crippen molar-refractivity contribution in [1.82, 2.24) is 10.3 Å². The van der Waals surface area contributed by atoms with E-state index in [0.29, 0.717) is 6.54 Å². The molecular formula is C14H20N2O2. The van der Waals surface area contributed by atoms with Crippen molar-refractivity contribution in [2.24, 2.45) is 0 Å². The Hall–Kier alpha value is -1.52. The molecule has 0 aromatic carbocycles. The Labute approximate surface area is 107 Å². The van der Waals surface area contributed by atoms with Crippen LogP contribution in [-0.2, 0) is 12.1 Å². The van der Waals surface area contributed by atoms with Gasteiger partial charge >= 0.3 is 0 Å². The Kier molecular flexibility index (Phi) is 3.59. The Morgan fingerprint density at radius 2 is 2.22 bits per heavy atom. The quantitative estimate of drug-likeness (QED) is 0.760. The summed E-state index contributed by atoms with van der Waals surface area (Å²) in [6.07, 6.45) is 3.83. The molecule has 2 aromatic heterocycles. The first kappa shape index (κ1) is 12.9. The summed E-state index contributed by atoms with van der Waals surface area (Å²) in [6.45, 7) is 6.78. The third kappa shape index (κ3) is 2.83. The minimum absolute atomic E-state index is 0.484. The molecular weight excluding hydrogens is 228 g/mol. The number of hydrogen-bond acceptors (Lipinski definition) is 3. The maximum absolute atomic E-state index is 10.5. The monoisotopic (exact) mass is 248 g/mol. The molecule has 0 bridgehead atoms. The third-order valence-corrected chi connectivity index (χ3v) is 3.08. The van der Waals surface area contributed by atoms with Crippen LogP contribution in [0.4, 0.5) is 0 Å². The molecule has 4 nitrogen and oxygen atoms in total. The normalized spacial score (nSPS) is 14.7. The summed E-state index contributed by atoms with van der Waals surface area (Å²) in [5.41, 5.74) is 1.10. The zero-order valence-electron chi connectivity index (χ0n) is 11.1. The van der Waals surface area contributed by atoms with Gasteiger partial charge in [0.15, 0.2) is 0 Å². The first-order valence-electron chi connectivity index (χ1n) is 6.11. The van der Waals surface area contributed by atoms with Gasteiger partial charge in [-0.15, -0.1) is 0 Å². The second kappa shape index (κ2) is 5.00. The molecule has 1 unspecified atom stereocenters. The van der Waals surface area contributed by atoms with E-state index in [2.05, 4.69) is 10.3 Å². The standard InChI is InChI=1S/C14H20N2O2/c1-10-6-13(11(2)18-10)14(3,17)9-16-8-12-4-5-15-7-12/h4-7,15-17H,8-9H2,1-3H3. The number of aryl methyl sites for hydroxylation is 2. The van der Waals surface area contributed by atoms with Crippen LogP contribution in [0.1, 0.15) is 29.6 Å². The van der Waals surface area contributed by atoms with Crippen molar-refractivity contribution in [3.63, 3.8) is 0 Å². The highest BCUT2D eigenvalue weighted by molar-refractivity contribution is 5.26. The number of aliphatic hydroxyl groups is 1. The van der Waals surface area contributed by atoms with E-state index in [0.717, 1.165) is 23.6 Å². The molecule has 2 rings (SSSR count). The maximum atomic E-state index is 10.5. The van der Waals surface area contributed by atoms with Crippen LogP contribution >= 0.6 is 0 Å². The number of aromatic amines is 1.